The van der Waals surface area contributed by atoms with Gasteiger partial charge in [-0.3, -0.25) is 9.59 Å². The maximum absolute atomic E-state index is 11.8. The zero-order valence-electron chi connectivity index (χ0n) is 11.5. The highest BCUT2D eigenvalue weighted by Gasteiger charge is 2.33. The summed E-state index contributed by atoms with van der Waals surface area (Å²) in [6.45, 7) is 7.21. The number of aromatic nitrogens is 1. The van der Waals surface area contributed by atoms with Crippen molar-refractivity contribution in [1.29, 1.82) is 0 Å². The average Bonchev–Trinajstić information content (AvgIpc) is 2.86. The van der Waals surface area contributed by atoms with Crippen LogP contribution < -0.4 is 5.73 Å². The molecule has 104 valence electrons. The van der Waals surface area contributed by atoms with E-state index in [0.717, 1.165) is 10.7 Å². The van der Waals surface area contributed by atoms with E-state index in [1.54, 1.807) is 16.2 Å². The van der Waals surface area contributed by atoms with Gasteiger partial charge >= 0.3 is 0 Å². The van der Waals surface area contributed by atoms with E-state index in [4.69, 9.17) is 5.73 Å². The van der Waals surface area contributed by atoms with Crippen LogP contribution in [0.4, 0.5) is 0 Å². The van der Waals surface area contributed by atoms with E-state index in [1.165, 1.54) is 0 Å². The van der Waals surface area contributed by atoms with Gasteiger partial charge < -0.3 is 10.6 Å². The molecule has 0 aliphatic carbocycles. The molecule has 0 bridgehead atoms. The molecule has 1 aliphatic heterocycles. The zero-order valence-corrected chi connectivity index (χ0v) is 12.3. The van der Waals surface area contributed by atoms with Gasteiger partial charge in [-0.05, 0) is 0 Å². The number of rotatable bonds is 3. The first-order valence-corrected chi connectivity index (χ1v) is 7.17. The van der Waals surface area contributed by atoms with Gasteiger partial charge in [0.2, 0.25) is 11.8 Å². The first kappa shape index (κ1) is 14.0. The van der Waals surface area contributed by atoms with Crippen molar-refractivity contribution in [2.24, 2.45) is 11.7 Å². The van der Waals surface area contributed by atoms with Gasteiger partial charge in [-0.15, -0.1) is 11.3 Å². The largest absolute Gasteiger partial charge is 0.369 e. The maximum Gasteiger partial charge on any atom is 0.223 e. The molecule has 2 heterocycles. The molecule has 6 heteroatoms. The molecule has 1 fully saturated rings. The topological polar surface area (TPSA) is 76.3 Å². The Bertz CT molecular complexity index is 504. The molecule has 0 aromatic carbocycles. The van der Waals surface area contributed by atoms with Gasteiger partial charge in [0, 0.05) is 23.8 Å². The number of carbonyl (C=O) groups excluding carboxylic acids is 2. The van der Waals surface area contributed by atoms with Crippen LogP contribution in [0, 0.1) is 5.92 Å². The fourth-order valence-electron chi connectivity index (χ4n) is 2.01. The van der Waals surface area contributed by atoms with Crippen LogP contribution in [0.3, 0.4) is 0 Å². The van der Waals surface area contributed by atoms with Crippen molar-refractivity contribution in [3.05, 3.63) is 16.1 Å². The van der Waals surface area contributed by atoms with E-state index in [9.17, 15) is 9.59 Å². The van der Waals surface area contributed by atoms with Gasteiger partial charge in [0.15, 0.2) is 0 Å². The van der Waals surface area contributed by atoms with Gasteiger partial charge in [0.1, 0.15) is 5.01 Å². The van der Waals surface area contributed by atoms with E-state index in [2.05, 4.69) is 25.8 Å². The Morgan fingerprint density at radius 2 is 2.26 bits per heavy atom. The van der Waals surface area contributed by atoms with Crippen molar-refractivity contribution in [1.82, 2.24) is 9.88 Å². The third-order valence-electron chi connectivity index (χ3n) is 3.26. The van der Waals surface area contributed by atoms with E-state index < -0.39 is 5.91 Å². The SMILES string of the molecule is CC(C)(C)c1csc(CN2CC(C(N)=O)CC2=O)n1. The number of nitrogens with two attached hydrogens (primary N) is 1. The molecule has 2 amide bonds. The highest BCUT2D eigenvalue weighted by molar-refractivity contribution is 7.09. The molecular formula is C13H19N3O2S. The quantitative estimate of drug-likeness (QED) is 0.906. The predicted octanol–water partition coefficient (Wildman–Crippen LogP) is 1.27. The molecule has 0 spiro atoms. The van der Waals surface area contributed by atoms with Gasteiger partial charge in [0.05, 0.1) is 18.2 Å². The van der Waals surface area contributed by atoms with E-state index >= 15 is 0 Å². The van der Waals surface area contributed by atoms with Crippen LogP contribution in [0.25, 0.3) is 0 Å². The molecule has 2 rings (SSSR count). The minimum atomic E-state index is -0.398. The van der Waals surface area contributed by atoms with Gasteiger partial charge in [-0.25, -0.2) is 4.98 Å². The summed E-state index contributed by atoms with van der Waals surface area (Å²) in [6.07, 6.45) is 0.229. The first-order valence-electron chi connectivity index (χ1n) is 6.29. The second kappa shape index (κ2) is 4.92. The monoisotopic (exact) mass is 281 g/mol. The molecule has 0 saturated carbocycles. The van der Waals surface area contributed by atoms with E-state index in [-0.39, 0.29) is 23.7 Å². The number of likely N-dealkylation sites (tertiary alicyclic amines) is 1. The molecule has 5 nitrogen and oxygen atoms in total. The number of primary amides is 1. The van der Waals surface area contributed by atoms with Crippen LogP contribution in [-0.4, -0.2) is 28.2 Å². The molecule has 1 atom stereocenters. The number of carbonyl (C=O) groups is 2. The standard InChI is InChI=1S/C13H19N3O2S/c1-13(2,3)9-7-19-10(15-9)6-16-5-8(12(14)18)4-11(16)17/h7-8H,4-6H2,1-3H3,(H2,14,18). The van der Waals surface area contributed by atoms with Gasteiger partial charge in [-0.1, -0.05) is 20.8 Å². The summed E-state index contributed by atoms with van der Waals surface area (Å²) in [6, 6.07) is 0. The molecule has 2 N–H and O–H groups in total. The summed E-state index contributed by atoms with van der Waals surface area (Å²) in [7, 11) is 0. The number of hydrogen-bond acceptors (Lipinski definition) is 4. The molecule has 1 saturated heterocycles. The summed E-state index contributed by atoms with van der Waals surface area (Å²) < 4.78 is 0. The first-order chi connectivity index (χ1) is 8.77. The minimum absolute atomic E-state index is 0.0134. The smallest absolute Gasteiger partial charge is 0.223 e. The van der Waals surface area contributed by atoms with Crippen LogP contribution in [-0.2, 0) is 21.5 Å². The van der Waals surface area contributed by atoms with Crippen molar-refractivity contribution in [2.75, 3.05) is 6.54 Å². The van der Waals surface area contributed by atoms with Crippen LogP contribution in [0.15, 0.2) is 5.38 Å². The minimum Gasteiger partial charge on any atom is -0.369 e. The summed E-state index contributed by atoms with van der Waals surface area (Å²) in [5, 5.41) is 2.94. The second-order valence-electron chi connectivity index (χ2n) is 5.95. The number of thiazole rings is 1. The summed E-state index contributed by atoms with van der Waals surface area (Å²) in [5.74, 6) is -0.767. The third-order valence-corrected chi connectivity index (χ3v) is 4.10. The van der Waals surface area contributed by atoms with E-state index in [0.29, 0.717) is 13.1 Å². The molecule has 1 aromatic heterocycles. The predicted molar refractivity (Wildman–Crippen MR) is 73.5 cm³/mol. The average molecular weight is 281 g/mol. The van der Waals surface area contributed by atoms with Crippen molar-refractivity contribution >= 4 is 23.2 Å². The van der Waals surface area contributed by atoms with E-state index in [1.807, 2.05) is 5.38 Å². The van der Waals surface area contributed by atoms with Crippen molar-refractivity contribution in [2.45, 2.75) is 39.2 Å². The lowest BCUT2D eigenvalue weighted by Crippen LogP contribution is -2.28. The van der Waals surface area contributed by atoms with Crippen molar-refractivity contribution in [3.8, 4) is 0 Å². The Kier molecular flexibility index (Phi) is 3.62. The zero-order chi connectivity index (χ0) is 14.2. The number of amides is 2. The Labute approximate surface area is 116 Å². The third kappa shape index (κ3) is 3.12. The summed E-state index contributed by atoms with van der Waals surface area (Å²) in [5.41, 5.74) is 6.29. The van der Waals surface area contributed by atoms with Crippen LogP contribution in [0.5, 0.6) is 0 Å². The lowest BCUT2D eigenvalue weighted by molar-refractivity contribution is -0.128. The van der Waals surface area contributed by atoms with Crippen LogP contribution in [0.1, 0.15) is 37.9 Å². The highest BCUT2D eigenvalue weighted by atomic mass is 32.1. The lowest BCUT2D eigenvalue weighted by Gasteiger charge is -2.16. The Morgan fingerprint density at radius 1 is 1.58 bits per heavy atom. The Morgan fingerprint density at radius 3 is 2.74 bits per heavy atom. The summed E-state index contributed by atoms with van der Waals surface area (Å²) >= 11 is 1.55. The highest BCUT2D eigenvalue weighted by Crippen LogP contribution is 2.26. The molecule has 1 unspecified atom stereocenters. The normalized spacial score (nSPS) is 20.1. The van der Waals surface area contributed by atoms with Crippen LogP contribution in [0.2, 0.25) is 0 Å². The maximum atomic E-state index is 11.8. The Hall–Kier alpha value is -1.43. The van der Waals surface area contributed by atoms with Crippen molar-refractivity contribution in [3.63, 3.8) is 0 Å². The van der Waals surface area contributed by atoms with Gasteiger partial charge in [0.25, 0.3) is 0 Å². The Balaban J connectivity index is 2.04. The molecule has 1 aromatic rings. The lowest BCUT2D eigenvalue weighted by atomic mass is 9.93. The molecule has 1 aliphatic rings. The molecule has 0 radical (unpaired) electrons. The molecular weight excluding hydrogens is 262 g/mol. The fraction of sp³-hybridized carbons (Fsp3) is 0.615. The fourth-order valence-corrected chi connectivity index (χ4v) is 3.04. The second-order valence-corrected chi connectivity index (χ2v) is 6.90. The molecule has 19 heavy (non-hydrogen) atoms. The number of nitrogens with zero attached hydrogens (tertiary/aromatic N) is 2. The van der Waals surface area contributed by atoms with Gasteiger partial charge in [-0.2, -0.15) is 0 Å². The summed E-state index contributed by atoms with van der Waals surface area (Å²) in [4.78, 5) is 29.1. The van der Waals surface area contributed by atoms with Crippen LogP contribution >= 0.6 is 11.3 Å². The van der Waals surface area contributed by atoms with Crippen molar-refractivity contribution < 1.29 is 9.59 Å². The number of hydrogen-bond donors (Lipinski definition) is 1.